The van der Waals surface area contributed by atoms with E-state index >= 15 is 0 Å². The topological polar surface area (TPSA) is 102 Å². The van der Waals surface area contributed by atoms with Crippen molar-refractivity contribution in [3.63, 3.8) is 0 Å². The maximum Gasteiger partial charge on any atom is 0.338 e. The second-order valence-electron chi connectivity index (χ2n) is 6.05. The average Bonchev–Trinajstić information content (AvgIpc) is 2.67. The van der Waals surface area contributed by atoms with Crippen LogP contribution in [-0.4, -0.2) is 46.3 Å². The molecule has 0 unspecified atom stereocenters. The van der Waals surface area contributed by atoms with Crippen molar-refractivity contribution in [2.75, 3.05) is 35.6 Å². The molecule has 0 heterocycles. The molecule has 0 fully saturated rings. The zero-order valence-corrected chi connectivity index (χ0v) is 17.4. The Hall–Kier alpha value is -3.07. The number of benzene rings is 2. The van der Waals surface area contributed by atoms with E-state index in [1.165, 1.54) is 6.07 Å². The van der Waals surface area contributed by atoms with Gasteiger partial charge in [-0.15, -0.1) is 0 Å². The van der Waals surface area contributed by atoms with Crippen molar-refractivity contribution in [3.8, 4) is 5.75 Å². The van der Waals surface area contributed by atoms with Crippen molar-refractivity contribution in [2.45, 2.75) is 13.8 Å². The number of carbonyl (C=O) groups is 2. The van der Waals surface area contributed by atoms with E-state index in [1.807, 2.05) is 6.92 Å². The molecule has 0 atom stereocenters. The molecule has 2 aromatic rings. The van der Waals surface area contributed by atoms with Gasteiger partial charge in [0.15, 0.2) is 0 Å². The Kier molecular flexibility index (Phi) is 7.60. The Labute approximate surface area is 170 Å². The third-order valence-electron chi connectivity index (χ3n) is 3.78. The summed E-state index contributed by atoms with van der Waals surface area (Å²) in [5, 5.41) is 2.61. The van der Waals surface area contributed by atoms with Crippen LogP contribution in [0.4, 0.5) is 11.4 Å². The van der Waals surface area contributed by atoms with E-state index in [2.05, 4.69) is 5.32 Å². The number of hydrogen-bond donors (Lipinski definition) is 1. The molecule has 0 aliphatic carbocycles. The van der Waals surface area contributed by atoms with Gasteiger partial charge in [-0.1, -0.05) is 6.07 Å². The molecule has 0 aliphatic rings. The van der Waals surface area contributed by atoms with Crippen LogP contribution >= 0.6 is 0 Å². The van der Waals surface area contributed by atoms with Gasteiger partial charge in [0.1, 0.15) is 12.3 Å². The number of carbonyl (C=O) groups excluding carboxylic acids is 2. The molecule has 2 rings (SSSR count). The SMILES string of the molecule is CCOC(=O)c1cccc(NC(=O)CN(c2ccc(OCC)cc2)S(C)(=O)=O)c1. The van der Waals surface area contributed by atoms with Crippen LogP contribution < -0.4 is 14.4 Å². The predicted octanol–water partition coefficient (Wildman–Crippen LogP) is 2.67. The lowest BCUT2D eigenvalue weighted by molar-refractivity contribution is -0.114. The maximum absolute atomic E-state index is 12.5. The van der Waals surface area contributed by atoms with Gasteiger partial charge in [0.05, 0.1) is 30.7 Å². The summed E-state index contributed by atoms with van der Waals surface area (Å²) in [7, 11) is -3.70. The smallest absolute Gasteiger partial charge is 0.338 e. The standard InChI is InChI=1S/C20H24N2O6S/c1-4-27-18-11-9-17(10-12-18)22(29(3,25)26)14-19(23)21-16-8-6-7-15(13-16)20(24)28-5-2/h6-13H,4-5,14H2,1-3H3,(H,21,23). The zero-order valence-electron chi connectivity index (χ0n) is 16.5. The molecule has 29 heavy (non-hydrogen) atoms. The van der Waals surface area contributed by atoms with Gasteiger partial charge in [0.25, 0.3) is 0 Å². The van der Waals surface area contributed by atoms with E-state index in [9.17, 15) is 18.0 Å². The van der Waals surface area contributed by atoms with Gasteiger partial charge in [-0.05, 0) is 56.3 Å². The first-order chi connectivity index (χ1) is 13.7. The van der Waals surface area contributed by atoms with E-state index in [-0.39, 0.29) is 12.2 Å². The zero-order chi connectivity index (χ0) is 21.4. The van der Waals surface area contributed by atoms with E-state index in [0.29, 0.717) is 23.7 Å². The largest absolute Gasteiger partial charge is 0.494 e. The van der Waals surface area contributed by atoms with Crippen molar-refractivity contribution in [1.29, 1.82) is 0 Å². The Bertz CT molecular complexity index is 957. The van der Waals surface area contributed by atoms with Crippen LogP contribution in [0.25, 0.3) is 0 Å². The minimum atomic E-state index is -3.70. The van der Waals surface area contributed by atoms with Gasteiger partial charge in [0.2, 0.25) is 15.9 Å². The molecule has 0 bridgehead atoms. The molecular weight excluding hydrogens is 396 g/mol. The van der Waals surface area contributed by atoms with Crippen molar-refractivity contribution in [3.05, 3.63) is 54.1 Å². The summed E-state index contributed by atoms with van der Waals surface area (Å²) in [4.78, 5) is 24.3. The van der Waals surface area contributed by atoms with Gasteiger partial charge < -0.3 is 14.8 Å². The number of rotatable bonds is 9. The van der Waals surface area contributed by atoms with Gasteiger partial charge >= 0.3 is 5.97 Å². The van der Waals surface area contributed by atoms with Gasteiger partial charge in [-0.2, -0.15) is 0 Å². The molecule has 0 aromatic heterocycles. The summed E-state index contributed by atoms with van der Waals surface area (Å²) >= 11 is 0. The number of ether oxygens (including phenoxy) is 2. The molecule has 8 nitrogen and oxygen atoms in total. The number of anilines is 2. The molecule has 0 saturated heterocycles. The van der Waals surface area contributed by atoms with Crippen LogP contribution in [0.3, 0.4) is 0 Å². The maximum atomic E-state index is 12.5. The Balaban J connectivity index is 2.15. The highest BCUT2D eigenvalue weighted by atomic mass is 32.2. The van der Waals surface area contributed by atoms with Crippen LogP contribution in [0, 0.1) is 0 Å². The number of esters is 1. The molecule has 2 aromatic carbocycles. The summed E-state index contributed by atoms with van der Waals surface area (Å²) in [5.41, 5.74) is 0.989. The highest BCUT2D eigenvalue weighted by Gasteiger charge is 2.21. The Morgan fingerprint density at radius 2 is 1.72 bits per heavy atom. The minimum absolute atomic E-state index is 0.237. The molecular formula is C20H24N2O6S. The van der Waals surface area contributed by atoms with E-state index in [4.69, 9.17) is 9.47 Å². The number of nitrogens with zero attached hydrogens (tertiary/aromatic N) is 1. The first kappa shape index (κ1) is 22.2. The fourth-order valence-electron chi connectivity index (χ4n) is 2.54. The normalized spacial score (nSPS) is 10.9. The summed E-state index contributed by atoms with van der Waals surface area (Å²) in [6.07, 6.45) is 1.03. The van der Waals surface area contributed by atoms with Crippen molar-refractivity contribution >= 4 is 33.3 Å². The van der Waals surface area contributed by atoms with Crippen molar-refractivity contribution in [2.24, 2.45) is 0 Å². The molecule has 0 aliphatic heterocycles. The highest BCUT2D eigenvalue weighted by molar-refractivity contribution is 7.92. The van der Waals surface area contributed by atoms with Gasteiger partial charge in [-0.25, -0.2) is 13.2 Å². The molecule has 0 radical (unpaired) electrons. The minimum Gasteiger partial charge on any atom is -0.494 e. The summed E-state index contributed by atoms with van der Waals surface area (Å²) < 4.78 is 35.7. The van der Waals surface area contributed by atoms with Crippen molar-refractivity contribution in [1.82, 2.24) is 0 Å². The fraction of sp³-hybridized carbons (Fsp3) is 0.300. The second-order valence-corrected chi connectivity index (χ2v) is 7.95. The summed E-state index contributed by atoms with van der Waals surface area (Å²) in [6, 6.07) is 12.6. The summed E-state index contributed by atoms with van der Waals surface area (Å²) in [5.74, 6) is -0.453. The van der Waals surface area contributed by atoms with Crippen LogP contribution in [0.15, 0.2) is 48.5 Å². The number of sulfonamides is 1. The molecule has 1 N–H and O–H groups in total. The molecule has 0 saturated carbocycles. The van der Waals surface area contributed by atoms with Gasteiger partial charge in [0, 0.05) is 5.69 Å². The lowest BCUT2D eigenvalue weighted by Crippen LogP contribution is -2.37. The molecule has 0 spiro atoms. The number of amides is 1. The Morgan fingerprint density at radius 3 is 2.31 bits per heavy atom. The third kappa shape index (κ3) is 6.49. The third-order valence-corrected chi connectivity index (χ3v) is 4.92. The Morgan fingerprint density at radius 1 is 1.03 bits per heavy atom. The molecule has 1 amide bonds. The number of nitrogens with one attached hydrogen (secondary N) is 1. The van der Waals surface area contributed by atoms with E-state index in [1.54, 1.807) is 49.4 Å². The molecule has 156 valence electrons. The highest BCUT2D eigenvalue weighted by Crippen LogP contribution is 2.22. The first-order valence-electron chi connectivity index (χ1n) is 9.02. The summed E-state index contributed by atoms with van der Waals surface area (Å²) in [6.45, 7) is 3.85. The van der Waals surface area contributed by atoms with Gasteiger partial charge in [-0.3, -0.25) is 9.10 Å². The monoisotopic (exact) mass is 420 g/mol. The number of hydrogen-bond acceptors (Lipinski definition) is 6. The lowest BCUT2D eigenvalue weighted by atomic mass is 10.2. The first-order valence-corrected chi connectivity index (χ1v) is 10.9. The molecule has 9 heteroatoms. The van der Waals surface area contributed by atoms with Crippen LogP contribution in [0.2, 0.25) is 0 Å². The quantitative estimate of drug-likeness (QED) is 0.626. The van der Waals surface area contributed by atoms with E-state index < -0.39 is 28.4 Å². The lowest BCUT2D eigenvalue weighted by Gasteiger charge is -2.22. The van der Waals surface area contributed by atoms with Crippen molar-refractivity contribution < 1.29 is 27.5 Å². The van der Waals surface area contributed by atoms with Crippen LogP contribution in [0.5, 0.6) is 5.75 Å². The van der Waals surface area contributed by atoms with Crippen LogP contribution in [-0.2, 0) is 19.6 Å². The fourth-order valence-corrected chi connectivity index (χ4v) is 3.40. The van der Waals surface area contributed by atoms with Crippen LogP contribution in [0.1, 0.15) is 24.2 Å². The predicted molar refractivity (Wildman–Crippen MR) is 111 cm³/mol. The average molecular weight is 420 g/mol. The van der Waals surface area contributed by atoms with E-state index in [0.717, 1.165) is 10.6 Å². The second kappa shape index (κ2) is 9.92.